The molecule has 1 aliphatic carbocycles. The summed E-state index contributed by atoms with van der Waals surface area (Å²) in [5.41, 5.74) is 0.220. The molecule has 5 nitrogen and oxygen atoms in total. The van der Waals surface area contributed by atoms with Gasteiger partial charge in [0, 0.05) is 35.8 Å². The number of halogens is 1. The van der Waals surface area contributed by atoms with E-state index in [1.165, 1.54) is 12.1 Å². The normalized spacial score (nSPS) is 22.8. The van der Waals surface area contributed by atoms with Crippen LogP contribution < -0.4 is 0 Å². The molecule has 0 unspecified atom stereocenters. The Balaban J connectivity index is 2.27. The number of rotatable bonds is 5. The van der Waals surface area contributed by atoms with Crippen LogP contribution >= 0.6 is 15.9 Å². The molecule has 24 heavy (non-hydrogen) atoms. The molecule has 1 aromatic carbocycles. The number of hydrogen-bond donors (Lipinski definition) is 0. The molecule has 0 N–H and O–H groups in total. The number of amides is 1. The average Bonchev–Trinajstić information content (AvgIpc) is 2.49. The maximum atomic E-state index is 12.9. The van der Waals surface area contributed by atoms with E-state index in [1.807, 2.05) is 6.92 Å². The van der Waals surface area contributed by atoms with Crippen molar-refractivity contribution in [2.24, 2.45) is 5.41 Å². The van der Waals surface area contributed by atoms with Crippen LogP contribution in [0.3, 0.4) is 0 Å². The van der Waals surface area contributed by atoms with E-state index in [1.54, 1.807) is 18.0 Å². The maximum absolute atomic E-state index is 12.9. The van der Waals surface area contributed by atoms with Crippen molar-refractivity contribution in [3.63, 3.8) is 0 Å². The van der Waals surface area contributed by atoms with Gasteiger partial charge in [0.25, 0.3) is 5.91 Å². The predicted octanol–water partition coefficient (Wildman–Crippen LogP) is 3.13. The summed E-state index contributed by atoms with van der Waals surface area (Å²) in [6, 6.07) is 4.58. The van der Waals surface area contributed by atoms with Crippen molar-refractivity contribution in [2.45, 2.75) is 44.2 Å². The van der Waals surface area contributed by atoms with Gasteiger partial charge in [-0.15, -0.1) is 0 Å². The van der Waals surface area contributed by atoms with Crippen molar-refractivity contribution < 1.29 is 17.9 Å². The molecule has 0 aliphatic heterocycles. The van der Waals surface area contributed by atoms with E-state index in [9.17, 15) is 13.2 Å². The van der Waals surface area contributed by atoms with Crippen LogP contribution in [0.1, 0.15) is 37.6 Å². The topological polar surface area (TPSA) is 63.7 Å². The molecule has 0 saturated heterocycles. The minimum absolute atomic E-state index is 0.0512. The predicted molar refractivity (Wildman–Crippen MR) is 96.9 cm³/mol. The second kappa shape index (κ2) is 6.77. The van der Waals surface area contributed by atoms with Crippen LogP contribution in [0.15, 0.2) is 27.6 Å². The lowest BCUT2D eigenvalue weighted by molar-refractivity contribution is -0.136. The molecule has 2 rings (SSSR count). The molecule has 0 bridgehead atoms. The van der Waals surface area contributed by atoms with Gasteiger partial charge in [-0.2, -0.15) is 0 Å². The first-order chi connectivity index (χ1) is 11.0. The first-order valence-electron chi connectivity index (χ1n) is 7.88. The molecule has 1 aliphatic rings. The molecule has 0 heterocycles. The highest BCUT2D eigenvalue weighted by Gasteiger charge is 2.51. The Kier molecular flexibility index (Phi) is 5.47. The highest BCUT2D eigenvalue weighted by atomic mass is 79.9. The van der Waals surface area contributed by atoms with E-state index < -0.39 is 9.84 Å². The van der Waals surface area contributed by atoms with Gasteiger partial charge >= 0.3 is 0 Å². The summed E-state index contributed by atoms with van der Waals surface area (Å²) >= 11 is 3.35. The van der Waals surface area contributed by atoms with Crippen LogP contribution in [0.25, 0.3) is 0 Å². The van der Waals surface area contributed by atoms with Gasteiger partial charge in [-0.1, -0.05) is 13.8 Å². The van der Waals surface area contributed by atoms with Gasteiger partial charge in [-0.25, -0.2) is 8.42 Å². The monoisotopic (exact) mass is 417 g/mol. The average molecular weight is 418 g/mol. The van der Waals surface area contributed by atoms with Crippen molar-refractivity contribution in [1.29, 1.82) is 0 Å². The van der Waals surface area contributed by atoms with Crippen LogP contribution in [0.5, 0.6) is 0 Å². The van der Waals surface area contributed by atoms with Gasteiger partial charge in [-0.05, 0) is 47.5 Å². The minimum Gasteiger partial charge on any atom is -0.378 e. The van der Waals surface area contributed by atoms with Crippen molar-refractivity contribution in [3.05, 3.63) is 28.2 Å². The van der Waals surface area contributed by atoms with Gasteiger partial charge in [-0.3, -0.25) is 4.79 Å². The molecule has 134 valence electrons. The summed E-state index contributed by atoms with van der Waals surface area (Å²) < 4.78 is 29.8. The number of benzene rings is 1. The van der Waals surface area contributed by atoms with Crippen molar-refractivity contribution in [3.8, 4) is 0 Å². The Morgan fingerprint density at radius 1 is 1.42 bits per heavy atom. The van der Waals surface area contributed by atoms with E-state index >= 15 is 0 Å². The van der Waals surface area contributed by atoms with E-state index in [-0.39, 0.29) is 28.4 Å². The van der Waals surface area contributed by atoms with E-state index in [0.717, 1.165) is 12.7 Å². The van der Waals surface area contributed by atoms with E-state index in [0.29, 0.717) is 16.6 Å². The third-order valence-electron chi connectivity index (χ3n) is 4.88. The van der Waals surface area contributed by atoms with Crippen molar-refractivity contribution in [2.75, 3.05) is 19.9 Å². The third kappa shape index (κ3) is 3.53. The number of ether oxygens (including phenoxy) is 1. The maximum Gasteiger partial charge on any atom is 0.255 e. The number of sulfone groups is 1. The fourth-order valence-electron chi connectivity index (χ4n) is 3.24. The molecule has 1 fully saturated rings. The lowest BCUT2D eigenvalue weighted by atomic mass is 9.63. The standard InChI is InChI=1S/C17H24BrNO4S/c1-6-23-15-10-14(17(15,2)3)19(4)16(20)12-9-11(24(5,21)22)7-8-13(12)18/h7-9,14-15H,6,10H2,1-5H3/t14-,15-/m0/s1. The summed E-state index contributed by atoms with van der Waals surface area (Å²) in [6.07, 6.45) is 2.05. The van der Waals surface area contributed by atoms with Crippen LogP contribution in [-0.4, -0.2) is 51.3 Å². The van der Waals surface area contributed by atoms with Crippen LogP contribution in [0.2, 0.25) is 0 Å². The minimum atomic E-state index is -3.36. The molecule has 0 aromatic heterocycles. The van der Waals surface area contributed by atoms with Gasteiger partial charge in [0.05, 0.1) is 16.6 Å². The third-order valence-corrected chi connectivity index (χ3v) is 6.68. The highest BCUT2D eigenvalue weighted by molar-refractivity contribution is 9.10. The smallest absolute Gasteiger partial charge is 0.255 e. The number of carbonyl (C=O) groups excluding carboxylic acids is 1. The summed E-state index contributed by atoms with van der Waals surface area (Å²) in [6.45, 7) is 6.80. The summed E-state index contributed by atoms with van der Waals surface area (Å²) in [5.74, 6) is -0.194. The zero-order valence-corrected chi connectivity index (χ0v) is 17.1. The zero-order chi connectivity index (χ0) is 18.3. The van der Waals surface area contributed by atoms with Crippen LogP contribution in [0.4, 0.5) is 0 Å². The number of nitrogens with zero attached hydrogens (tertiary/aromatic N) is 1. The fraction of sp³-hybridized carbons (Fsp3) is 0.588. The Morgan fingerprint density at radius 3 is 2.54 bits per heavy atom. The molecule has 1 saturated carbocycles. The second-order valence-corrected chi connectivity index (χ2v) is 9.72. The lowest BCUT2D eigenvalue weighted by Gasteiger charge is -2.54. The molecule has 2 atom stereocenters. The first-order valence-corrected chi connectivity index (χ1v) is 10.6. The molecule has 1 amide bonds. The lowest BCUT2D eigenvalue weighted by Crippen LogP contribution is -2.62. The van der Waals surface area contributed by atoms with Crippen LogP contribution in [-0.2, 0) is 14.6 Å². The SMILES string of the molecule is CCO[C@H]1C[C@H](N(C)C(=O)c2cc(S(C)(=O)=O)ccc2Br)C1(C)C. The zero-order valence-electron chi connectivity index (χ0n) is 14.7. The summed E-state index contributed by atoms with van der Waals surface area (Å²) in [5, 5.41) is 0. The molecule has 7 heteroatoms. The van der Waals surface area contributed by atoms with E-state index in [4.69, 9.17) is 4.74 Å². The Morgan fingerprint density at radius 2 is 2.04 bits per heavy atom. The second-order valence-electron chi connectivity index (χ2n) is 6.85. The molecule has 1 aromatic rings. The molecule has 0 radical (unpaired) electrons. The highest BCUT2D eigenvalue weighted by Crippen LogP contribution is 2.45. The van der Waals surface area contributed by atoms with Crippen molar-refractivity contribution >= 4 is 31.7 Å². The van der Waals surface area contributed by atoms with Gasteiger partial charge < -0.3 is 9.64 Å². The summed E-state index contributed by atoms with van der Waals surface area (Å²) in [4.78, 5) is 14.7. The molecular formula is C17H24BrNO4S. The molecule has 0 spiro atoms. The Labute approximate surface area is 152 Å². The largest absolute Gasteiger partial charge is 0.378 e. The van der Waals surface area contributed by atoms with E-state index in [2.05, 4.69) is 29.8 Å². The quantitative estimate of drug-likeness (QED) is 0.737. The fourth-order valence-corrected chi connectivity index (χ4v) is 4.30. The number of carbonyl (C=O) groups is 1. The van der Waals surface area contributed by atoms with Gasteiger partial charge in [0.2, 0.25) is 0 Å². The Bertz CT molecular complexity index is 745. The number of hydrogen-bond acceptors (Lipinski definition) is 4. The van der Waals surface area contributed by atoms with Crippen LogP contribution in [0, 0.1) is 5.41 Å². The molecular weight excluding hydrogens is 394 g/mol. The van der Waals surface area contributed by atoms with Crippen molar-refractivity contribution in [1.82, 2.24) is 4.90 Å². The summed E-state index contributed by atoms with van der Waals surface area (Å²) in [7, 11) is -1.60. The first kappa shape index (κ1) is 19.4. The Hall–Kier alpha value is -0.920. The van der Waals surface area contributed by atoms with Gasteiger partial charge in [0.1, 0.15) is 0 Å². The van der Waals surface area contributed by atoms with Gasteiger partial charge in [0.15, 0.2) is 9.84 Å².